The summed E-state index contributed by atoms with van der Waals surface area (Å²) in [6, 6.07) is 4.88. The molecule has 376 valence electrons. The van der Waals surface area contributed by atoms with Crippen LogP contribution in [0.4, 0.5) is 4.79 Å². The average molecular weight is 938 g/mol. The molecule has 0 spiro atoms. The van der Waals surface area contributed by atoms with E-state index in [0.29, 0.717) is 43.2 Å². The van der Waals surface area contributed by atoms with E-state index in [1.54, 1.807) is 12.1 Å². The highest BCUT2D eigenvalue weighted by Gasteiger charge is 2.66. The third-order valence-electron chi connectivity index (χ3n) is 14.4. The van der Waals surface area contributed by atoms with Crippen molar-refractivity contribution in [3.05, 3.63) is 48.1 Å². The van der Waals surface area contributed by atoms with Crippen molar-refractivity contribution in [3.63, 3.8) is 0 Å². The Morgan fingerprint density at radius 3 is 2.34 bits per heavy atom. The van der Waals surface area contributed by atoms with Gasteiger partial charge in [0.2, 0.25) is 18.0 Å². The first-order valence-corrected chi connectivity index (χ1v) is 26.2. The Hall–Kier alpha value is -3.53. The number of unbranched alkanes of at least 4 members (excludes halogenated alkanes) is 11. The highest BCUT2D eigenvalue weighted by molar-refractivity contribution is 6.03. The highest BCUT2D eigenvalue weighted by Crippen LogP contribution is 2.62. The number of carbonyl (C=O) groups excluding carboxylic acids is 2. The van der Waals surface area contributed by atoms with E-state index in [1.165, 1.54) is 44.9 Å². The third-order valence-corrected chi connectivity index (χ3v) is 14.4. The van der Waals surface area contributed by atoms with Crippen LogP contribution in [0.25, 0.3) is 0 Å². The number of nitrogens with zero attached hydrogens (tertiary/aromatic N) is 2. The molecule has 2 heterocycles. The summed E-state index contributed by atoms with van der Waals surface area (Å²) >= 11 is 0. The first-order valence-electron chi connectivity index (χ1n) is 26.2. The molecule has 3 aliphatic carbocycles. The molecule has 1 aromatic rings. The topological polar surface area (TPSA) is 178 Å². The smallest absolute Gasteiger partial charge is 0.412 e. The van der Waals surface area contributed by atoms with E-state index in [-0.39, 0.29) is 82.2 Å². The Balaban J connectivity index is 1.37. The van der Waals surface area contributed by atoms with E-state index < -0.39 is 30.1 Å². The lowest BCUT2D eigenvalue weighted by molar-refractivity contribution is -0.258. The van der Waals surface area contributed by atoms with E-state index in [2.05, 4.69) is 24.9 Å². The normalized spacial score (nSPS) is 25.9. The number of benzene rings is 1. The Kier molecular flexibility index (Phi) is 22.2. The molecular weight excluding hydrogens is 855 g/mol. The van der Waals surface area contributed by atoms with Gasteiger partial charge in [-0.1, -0.05) is 94.9 Å². The van der Waals surface area contributed by atoms with Gasteiger partial charge < -0.3 is 54.1 Å². The Labute approximate surface area is 400 Å². The van der Waals surface area contributed by atoms with Crippen LogP contribution in [0.2, 0.25) is 0 Å². The summed E-state index contributed by atoms with van der Waals surface area (Å²) in [5.41, 5.74) is 2.50. The van der Waals surface area contributed by atoms with Crippen LogP contribution < -0.4 is 14.8 Å². The number of rotatable bonds is 32. The second kappa shape index (κ2) is 28.2. The first-order chi connectivity index (χ1) is 32.9. The number of aliphatic hydroxyl groups is 3. The van der Waals surface area contributed by atoms with Gasteiger partial charge in [-0.05, 0) is 93.4 Å². The molecule has 3 fully saturated rings. The maximum Gasteiger partial charge on any atom is 0.412 e. The molecule has 5 aliphatic rings. The van der Waals surface area contributed by atoms with E-state index in [1.807, 2.05) is 17.0 Å². The third kappa shape index (κ3) is 14.7. The van der Waals surface area contributed by atoms with Crippen molar-refractivity contribution in [1.82, 2.24) is 10.2 Å². The zero-order chi connectivity index (χ0) is 47.3. The van der Waals surface area contributed by atoms with Gasteiger partial charge in [0.05, 0.1) is 44.7 Å². The summed E-state index contributed by atoms with van der Waals surface area (Å²) in [6.07, 6.45) is 24.1. The number of hydrogen-bond donors (Lipinski definition) is 4. The average Bonchev–Trinajstić information content (AvgIpc) is 4.20. The quantitative estimate of drug-likeness (QED) is 0.0308. The van der Waals surface area contributed by atoms with Gasteiger partial charge in [-0.2, -0.15) is 0 Å². The van der Waals surface area contributed by atoms with Crippen LogP contribution in [0.5, 0.6) is 11.5 Å². The predicted octanol–water partition coefficient (Wildman–Crippen LogP) is 9.10. The van der Waals surface area contributed by atoms with E-state index in [0.717, 1.165) is 88.2 Å². The van der Waals surface area contributed by atoms with Crippen LogP contribution >= 0.6 is 0 Å². The Bertz CT molecular complexity index is 1730. The molecule has 67 heavy (non-hydrogen) atoms. The number of hydrogen-bond acceptors (Lipinski definition) is 12. The zero-order valence-corrected chi connectivity index (χ0v) is 40.6. The van der Waals surface area contributed by atoms with Gasteiger partial charge in [-0.3, -0.25) is 4.79 Å². The second-order valence-corrected chi connectivity index (χ2v) is 19.3. The number of aliphatic hydroxyl groups excluding tert-OH is 3. The minimum absolute atomic E-state index is 0.00168. The van der Waals surface area contributed by atoms with E-state index in [9.17, 15) is 24.9 Å². The number of carbonyl (C=O) groups is 2. The van der Waals surface area contributed by atoms with Gasteiger partial charge in [0.15, 0.2) is 0 Å². The standard InChI is InChI=1S/C53H83N3O11/c1-3-5-6-7-8-9-10-11-12-16-27-54-52(61)65-41-25-26-46-44(37-41)49-42(21-14-18-30-58)40(20-13-17-29-57)36-43-45(55-67-48-22-15-19-33-63-48)38-47(53(66-46,50(43)49)64-32-4-2)56(28-34-62-35-31-59)51(60)39-23-24-39/h4,25-26,36-37,39-40,42,47-50,57-59H,2-3,5-24,27-35,38H2,1H3,(H,54,61)/t40-,42+,47-,48?,49+,50+,53+/m0/s1. The van der Waals surface area contributed by atoms with Gasteiger partial charge in [-0.25, -0.2) is 4.79 Å². The van der Waals surface area contributed by atoms with Gasteiger partial charge in [0.1, 0.15) is 17.5 Å². The maximum absolute atomic E-state index is 14.6. The fourth-order valence-corrected chi connectivity index (χ4v) is 10.9. The van der Waals surface area contributed by atoms with Crippen LogP contribution in [0, 0.1) is 23.7 Å². The van der Waals surface area contributed by atoms with Crippen molar-refractivity contribution in [3.8, 4) is 11.5 Å². The molecule has 7 atom stereocenters. The summed E-state index contributed by atoms with van der Waals surface area (Å²) in [6.45, 7) is 8.19. The fourth-order valence-electron chi connectivity index (χ4n) is 10.9. The van der Waals surface area contributed by atoms with Crippen LogP contribution in [0.3, 0.4) is 0 Å². The summed E-state index contributed by atoms with van der Waals surface area (Å²) in [4.78, 5) is 36.1. The first kappa shape index (κ1) is 52.8. The molecule has 1 aromatic carbocycles. The number of nitrogens with one attached hydrogen (secondary N) is 1. The number of fused-ring (bicyclic) bond motifs is 2. The zero-order valence-electron chi connectivity index (χ0n) is 40.6. The molecule has 4 N–H and O–H groups in total. The van der Waals surface area contributed by atoms with Crippen molar-refractivity contribution in [2.24, 2.45) is 28.8 Å². The predicted molar refractivity (Wildman–Crippen MR) is 258 cm³/mol. The lowest BCUT2D eigenvalue weighted by Crippen LogP contribution is -2.70. The van der Waals surface area contributed by atoms with Crippen LogP contribution in [0.15, 0.2) is 47.7 Å². The van der Waals surface area contributed by atoms with Gasteiger partial charge >= 0.3 is 6.09 Å². The molecule has 0 radical (unpaired) electrons. The number of ether oxygens (including phenoxy) is 5. The van der Waals surface area contributed by atoms with Crippen molar-refractivity contribution in [2.45, 2.75) is 172 Å². The molecule has 1 saturated heterocycles. The lowest BCUT2D eigenvalue weighted by Gasteiger charge is -2.60. The number of amides is 2. The van der Waals surface area contributed by atoms with E-state index >= 15 is 0 Å². The summed E-state index contributed by atoms with van der Waals surface area (Å²) < 4.78 is 32.3. The Morgan fingerprint density at radius 2 is 1.66 bits per heavy atom. The molecule has 0 aromatic heterocycles. The second-order valence-electron chi connectivity index (χ2n) is 19.3. The highest BCUT2D eigenvalue weighted by atomic mass is 16.8. The molecule has 6 rings (SSSR count). The molecular formula is C53H83N3O11. The summed E-state index contributed by atoms with van der Waals surface area (Å²) in [7, 11) is 0. The largest absolute Gasteiger partial charge is 0.459 e. The molecule has 2 amide bonds. The van der Waals surface area contributed by atoms with Crippen molar-refractivity contribution in [2.75, 3.05) is 59.3 Å². The molecule has 2 aliphatic heterocycles. The molecule has 0 bridgehead atoms. The van der Waals surface area contributed by atoms with Gasteiger partial charge in [0.25, 0.3) is 0 Å². The van der Waals surface area contributed by atoms with E-state index in [4.69, 9.17) is 33.7 Å². The Morgan fingerprint density at radius 1 is 0.910 bits per heavy atom. The number of allylic oxidation sites excluding steroid dienone is 1. The monoisotopic (exact) mass is 938 g/mol. The summed E-state index contributed by atoms with van der Waals surface area (Å²) in [5, 5.41) is 37.4. The fraction of sp³-hybridized carbons (Fsp3) is 0.755. The van der Waals surface area contributed by atoms with Gasteiger partial charge in [-0.15, -0.1) is 6.58 Å². The lowest BCUT2D eigenvalue weighted by atomic mass is 9.55. The molecule has 1 unspecified atom stereocenters. The molecule has 2 saturated carbocycles. The number of oxime groups is 1. The maximum atomic E-state index is 14.6. The minimum atomic E-state index is -1.42. The van der Waals surface area contributed by atoms with Crippen LogP contribution in [0.1, 0.15) is 160 Å². The van der Waals surface area contributed by atoms with Crippen LogP contribution in [-0.4, -0.2) is 115 Å². The van der Waals surface area contributed by atoms with Gasteiger partial charge in [0, 0.05) is 56.5 Å². The molecule has 14 heteroatoms. The minimum Gasteiger partial charge on any atom is -0.459 e. The van der Waals surface area contributed by atoms with Crippen molar-refractivity contribution < 1.29 is 53.4 Å². The molecule has 14 nitrogen and oxygen atoms in total. The summed E-state index contributed by atoms with van der Waals surface area (Å²) in [5.74, 6) is -1.29. The van der Waals surface area contributed by atoms with Crippen LogP contribution in [-0.2, 0) is 23.8 Å². The SMILES string of the molecule is C=CCO[C@@]12Oc3ccc(OC(=O)NCCCCCCCCCCCC)cc3[C@H]3[C@H](CCCCO)[C@@H](CCCCO)C=C(C(=NOC4CCCCO4)C[C@@H]1N(CCOCCO)C(=O)C1CC1)[C@H]32. The van der Waals surface area contributed by atoms with Crippen molar-refractivity contribution in [1.29, 1.82) is 0 Å². The van der Waals surface area contributed by atoms with Crippen molar-refractivity contribution >= 4 is 17.7 Å².